The van der Waals surface area contributed by atoms with Crippen molar-refractivity contribution in [3.05, 3.63) is 36.0 Å². The van der Waals surface area contributed by atoms with Crippen molar-refractivity contribution in [1.29, 1.82) is 0 Å². The molecule has 0 saturated carbocycles. The Hall–Kier alpha value is -2.14. The standard InChI is InChI=1S/C16H19N3O2/c1-2-18-7-9-19(10-8-18)15-12-5-3-4-6-14(12)17-11-13(15)16(20)21/h3-6,11H,2,7-10H2,1H3,(H,20,21). The van der Waals surface area contributed by atoms with E-state index in [1.54, 1.807) is 0 Å². The van der Waals surface area contributed by atoms with Crippen molar-refractivity contribution >= 4 is 22.6 Å². The number of likely N-dealkylation sites (N-methyl/N-ethyl adjacent to an activating group) is 1. The van der Waals surface area contributed by atoms with Crippen LogP contribution >= 0.6 is 0 Å². The van der Waals surface area contributed by atoms with E-state index in [9.17, 15) is 9.90 Å². The molecule has 1 fully saturated rings. The number of aromatic nitrogens is 1. The molecule has 1 N–H and O–H groups in total. The van der Waals surface area contributed by atoms with Crippen molar-refractivity contribution < 1.29 is 9.90 Å². The highest BCUT2D eigenvalue weighted by Crippen LogP contribution is 2.30. The normalized spacial score (nSPS) is 16.3. The van der Waals surface area contributed by atoms with Crippen molar-refractivity contribution in [3.63, 3.8) is 0 Å². The first-order valence-corrected chi connectivity index (χ1v) is 7.29. The predicted octanol–water partition coefficient (Wildman–Crippen LogP) is 2.07. The van der Waals surface area contributed by atoms with E-state index in [4.69, 9.17) is 0 Å². The number of hydrogen-bond donors (Lipinski definition) is 1. The maximum absolute atomic E-state index is 11.6. The number of hydrogen-bond acceptors (Lipinski definition) is 4. The maximum Gasteiger partial charge on any atom is 0.339 e. The maximum atomic E-state index is 11.6. The van der Waals surface area contributed by atoms with Crippen LogP contribution in [0.25, 0.3) is 10.9 Å². The average Bonchev–Trinajstić information content (AvgIpc) is 2.53. The second kappa shape index (κ2) is 5.69. The molecular weight excluding hydrogens is 266 g/mol. The Balaban J connectivity index is 2.07. The monoisotopic (exact) mass is 285 g/mol. The smallest absolute Gasteiger partial charge is 0.339 e. The van der Waals surface area contributed by atoms with Crippen LogP contribution < -0.4 is 4.90 Å². The molecule has 21 heavy (non-hydrogen) atoms. The molecule has 0 bridgehead atoms. The van der Waals surface area contributed by atoms with Crippen LogP contribution in [0.15, 0.2) is 30.5 Å². The number of anilines is 1. The Labute approximate surface area is 123 Å². The van der Waals surface area contributed by atoms with Crippen molar-refractivity contribution in [2.24, 2.45) is 0 Å². The fourth-order valence-electron chi connectivity index (χ4n) is 2.91. The van der Waals surface area contributed by atoms with Crippen LogP contribution in [0.5, 0.6) is 0 Å². The molecule has 2 aromatic rings. The van der Waals surface area contributed by atoms with E-state index in [2.05, 4.69) is 21.7 Å². The van der Waals surface area contributed by atoms with Crippen LogP contribution in [0.3, 0.4) is 0 Å². The minimum Gasteiger partial charge on any atom is -0.478 e. The van der Waals surface area contributed by atoms with E-state index in [-0.39, 0.29) is 0 Å². The van der Waals surface area contributed by atoms with E-state index in [0.29, 0.717) is 5.56 Å². The lowest BCUT2D eigenvalue weighted by molar-refractivity contribution is 0.0697. The second-order valence-electron chi connectivity index (χ2n) is 5.26. The minimum absolute atomic E-state index is 0.290. The molecule has 110 valence electrons. The van der Waals surface area contributed by atoms with Gasteiger partial charge in [0, 0.05) is 37.8 Å². The van der Waals surface area contributed by atoms with E-state index in [1.165, 1.54) is 6.20 Å². The Bertz CT molecular complexity index is 664. The van der Waals surface area contributed by atoms with Gasteiger partial charge < -0.3 is 14.9 Å². The number of rotatable bonds is 3. The minimum atomic E-state index is -0.916. The number of carboxylic acids is 1. The van der Waals surface area contributed by atoms with Gasteiger partial charge in [0.15, 0.2) is 0 Å². The van der Waals surface area contributed by atoms with E-state index >= 15 is 0 Å². The highest BCUT2D eigenvalue weighted by molar-refractivity contribution is 6.04. The largest absolute Gasteiger partial charge is 0.478 e. The zero-order valence-electron chi connectivity index (χ0n) is 12.1. The molecule has 1 aromatic heterocycles. The zero-order valence-corrected chi connectivity index (χ0v) is 12.1. The molecule has 0 radical (unpaired) electrons. The first kappa shape index (κ1) is 13.8. The number of piperazine rings is 1. The van der Waals surface area contributed by atoms with Crippen LogP contribution in [-0.4, -0.2) is 53.7 Å². The molecule has 0 unspecified atom stereocenters. The molecule has 1 saturated heterocycles. The van der Waals surface area contributed by atoms with Gasteiger partial charge in [0.25, 0.3) is 0 Å². The predicted molar refractivity (Wildman–Crippen MR) is 83.0 cm³/mol. The highest BCUT2D eigenvalue weighted by Gasteiger charge is 2.23. The lowest BCUT2D eigenvalue weighted by Gasteiger charge is -2.36. The van der Waals surface area contributed by atoms with Crippen LogP contribution in [0.1, 0.15) is 17.3 Å². The third-order valence-corrected chi connectivity index (χ3v) is 4.11. The summed E-state index contributed by atoms with van der Waals surface area (Å²) in [5.74, 6) is -0.916. The van der Waals surface area contributed by atoms with Crippen molar-refractivity contribution in [2.75, 3.05) is 37.6 Å². The first-order chi connectivity index (χ1) is 10.2. The SMILES string of the molecule is CCN1CCN(c2c(C(=O)O)cnc3ccccc23)CC1. The number of carbonyl (C=O) groups is 1. The van der Waals surface area contributed by atoms with Gasteiger partial charge >= 0.3 is 5.97 Å². The molecule has 0 aliphatic carbocycles. The molecule has 5 heteroatoms. The summed E-state index contributed by atoms with van der Waals surface area (Å²) < 4.78 is 0. The summed E-state index contributed by atoms with van der Waals surface area (Å²) in [5.41, 5.74) is 1.94. The van der Waals surface area contributed by atoms with Crippen LogP contribution in [0.2, 0.25) is 0 Å². The number of carboxylic acid groups (broad SMARTS) is 1. The third-order valence-electron chi connectivity index (χ3n) is 4.11. The lowest BCUT2D eigenvalue weighted by atomic mass is 10.1. The highest BCUT2D eigenvalue weighted by atomic mass is 16.4. The van der Waals surface area contributed by atoms with Gasteiger partial charge in [-0.25, -0.2) is 4.79 Å². The molecule has 1 aliphatic heterocycles. The van der Waals surface area contributed by atoms with Gasteiger partial charge in [-0.1, -0.05) is 25.1 Å². The average molecular weight is 285 g/mol. The fourth-order valence-corrected chi connectivity index (χ4v) is 2.91. The van der Waals surface area contributed by atoms with Crippen LogP contribution in [0.4, 0.5) is 5.69 Å². The molecule has 0 atom stereocenters. The number of nitrogens with zero attached hydrogens (tertiary/aromatic N) is 3. The molecule has 0 amide bonds. The molecule has 0 spiro atoms. The molecular formula is C16H19N3O2. The van der Waals surface area contributed by atoms with E-state index < -0.39 is 5.97 Å². The second-order valence-corrected chi connectivity index (χ2v) is 5.26. The topological polar surface area (TPSA) is 56.7 Å². The van der Waals surface area contributed by atoms with Gasteiger partial charge in [-0.05, 0) is 12.6 Å². The van der Waals surface area contributed by atoms with Gasteiger partial charge in [-0.3, -0.25) is 4.98 Å². The summed E-state index contributed by atoms with van der Waals surface area (Å²) in [6, 6.07) is 7.74. The first-order valence-electron chi connectivity index (χ1n) is 7.29. The summed E-state index contributed by atoms with van der Waals surface area (Å²) in [4.78, 5) is 20.4. The Kier molecular flexibility index (Phi) is 3.75. The van der Waals surface area contributed by atoms with Gasteiger partial charge in [-0.2, -0.15) is 0 Å². The summed E-state index contributed by atoms with van der Waals surface area (Å²) in [5, 5.41) is 10.4. The number of para-hydroxylation sites is 1. The number of aromatic carboxylic acids is 1. The zero-order chi connectivity index (χ0) is 14.8. The van der Waals surface area contributed by atoms with Crippen molar-refractivity contribution in [1.82, 2.24) is 9.88 Å². The Morgan fingerprint density at radius 2 is 1.95 bits per heavy atom. The lowest BCUT2D eigenvalue weighted by Crippen LogP contribution is -2.46. The van der Waals surface area contributed by atoms with Crippen LogP contribution in [-0.2, 0) is 0 Å². The van der Waals surface area contributed by atoms with Gasteiger partial charge in [0.05, 0.1) is 11.2 Å². The quantitative estimate of drug-likeness (QED) is 0.935. The fraction of sp³-hybridized carbons (Fsp3) is 0.375. The molecule has 1 aliphatic rings. The van der Waals surface area contributed by atoms with Crippen molar-refractivity contribution in [3.8, 4) is 0 Å². The summed E-state index contributed by atoms with van der Waals surface area (Å²) in [6.07, 6.45) is 1.48. The number of benzene rings is 1. The van der Waals surface area contributed by atoms with Gasteiger partial charge in [0.2, 0.25) is 0 Å². The van der Waals surface area contributed by atoms with Crippen molar-refractivity contribution in [2.45, 2.75) is 6.92 Å². The summed E-state index contributed by atoms with van der Waals surface area (Å²) in [6.45, 7) is 6.82. The van der Waals surface area contributed by atoms with Crippen LogP contribution in [0, 0.1) is 0 Å². The summed E-state index contributed by atoms with van der Waals surface area (Å²) in [7, 11) is 0. The summed E-state index contributed by atoms with van der Waals surface area (Å²) >= 11 is 0. The Morgan fingerprint density at radius 3 is 2.62 bits per heavy atom. The van der Waals surface area contributed by atoms with Gasteiger partial charge in [0.1, 0.15) is 5.56 Å². The van der Waals surface area contributed by atoms with E-state index in [1.807, 2.05) is 24.3 Å². The van der Waals surface area contributed by atoms with Gasteiger partial charge in [-0.15, -0.1) is 0 Å². The third kappa shape index (κ3) is 2.56. The molecule has 3 rings (SSSR count). The molecule has 2 heterocycles. The molecule has 1 aromatic carbocycles. The van der Waals surface area contributed by atoms with E-state index in [0.717, 1.165) is 49.3 Å². The molecule has 5 nitrogen and oxygen atoms in total. The number of fused-ring (bicyclic) bond motifs is 1. The Morgan fingerprint density at radius 1 is 1.24 bits per heavy atom. The number of pyridine rings is 1.